The van der Waals surface area contributed by atoms with Gasteiger partial charge in [-0.25, -0.2) is 4.98 Å². The molecule has 22 heavy (non-hydrogen) atoms. The summed E-state index contributed by atoms with van der Waals surface area (Å²) in [7, 11) is 0. The van der Waals surface area contributed by atoms with Gasteiger partial charge >= 0.3 is 0 Å². The zero-order valence-electron chi connectivity index (χ0n) is 11.9. The van der Waals surface area contributed by atoms with Crippen LogP contribution in [-0.2, 0) is 0 Å². The molecule has 3 aromatic rings. The van der Waals surface area contributed by atoms with Gasteiger partial charge in [0.1, 0.15) is 0 Å². The zero-order chi connectivity index (χ0) is 15.5. The quantitative estimate of drug-likeness (QED) is 0.783. The number of carbonyl (C=O) groups is 1. The van der Waals surface area contributed by atoms with Crippen LogP contribution in [0.15, 0.2) is 55.1 Å². The molecule has 0 aliphatic carbocycles. The minimum absolute atomic E-state index is 0.0785. The molecule has 4 nitrogen and oxygen atoms in total. The van der Waals surface area contributed by atoms with E-state index in [4.69, 9.17) is 11.6 Å². The van der Waals surface area contributed by atoms with Gasteiger partial charge in [-0.15, -0.1) is 11.3 Å². The number of rotatable bonds is 4. The van der Waals surface area contributed by atoms with Crippen LogP contribution in [-0.4, -0.2) is 15.5 Å². The average molecular weight is 332 g/mol. The van der Waals surface area contributed by atoms with Crippen molar-refractivity contribution in [2.24, 2.45) is 0 Å². The molecule has 0 spiro atoms. The lowest BCUT2D eigenvalue weighted by Crippen LogP contribution is -2.25. The highest BCUT2D eigenvalue weighted by Gasteiger charge is 2.13. The van der Waals surface area contributed by atoms with E-state index in [2.05, 4.69) is 10.3 Å². The third-order valence-electron chi connectivity index (χ3n) is 3.34. The molecule has 0 radical (unpaired) electrons. The number of nitrogens with zero attached hydrogens (tertiary/aromatic N) is 2. The number of benzene rings is 1. The first-order valence-corrected chi connectivity index (χ1v) is 7.97. The maximum Gasteiger partial charge on any atom is 0.261 e. The highest BCUT2D eigenvalue weighted by molar-refractivity contribution is 7.17. The molecule has 0 saturated heterocycles. The smallest absolute Gasteiger partial charge is 0.261 e. The lowest BCUT2D eigenvalue weighted by molar-refractivity contribution is 0.0944. The van der Waals surface area contributed by atoms with Gasteiger partial charge in [0, 0.05) is 18.1 Å². The number of amides is 1. The van der Waals surface area contributed by atoms with Gasteiger partial charge in [-0.3, -0.25) is 4.79 Å². The van der Waals surface area contributed by atoms with Crippen molar-refractivity contribution < 1.29 is 4.79 Å². The Balaban J connectivity index is 1.69. The molecule has 0 aliphatic heterocycles. The monoisotopic (exact) mass is 331 g/mol. The van der Waals surface area contributed by atoms with E-state index in [0.717, 1.165) is 11.3 Å². The molecule has 2 heterocycles. The molecule has 1 N–H and O–H groups in total. The fraction of sp³-hybridized carbons (Fsp3) is 0.125. The predicted octanol–water partition coefficient (Wildman–Crippen LogP) is 4.08. The number of hydrogen-bond acceptors (Lipinski definition) is 3. The largest absolute Gasteiger partial charge is 0.345 e. The summed E-state index contributed by atoms with van der Waals surface area (Å²) in [5.74, 6) is -0.108. The standard InChI is InChI=1S/C16H14ClN3OS/c1-11(19-16(21)14-6-7-15(17)22-14)12-2-4-13(5-3-12)20-9-8-18-10-20/h2-11H,1H3,(H,19,21). The maximum absolute atomic E-state index is 12.1. The Morgan fingerprint density at radius 3 is 2.64 bits per heavy atom. The highest BCUT2D eigenvalue weighted by Crippen LogP contribution is 2.22. The molecular weight excluding hydrogens is 318 g/mol. The third-order valence-corrected chi connectivity index (χ3v) is 4.57. The van der Waals surface area contributed by atoms with Gasteiger partial charge in [-0.2, -0.15) is 0 Å². The molecule has 1 unspecified atom stereocenters. The molecule has 1 atom stereocenters. The molecular formula is C16H14ClN3OS. The normalized spacial score (nSPS) is 12.1. The number of imidazole rings is 1. The van der Waals surface area contributed by atoms with Crippen LogP contribution in [0.2, 0.25) is 4.34 Å². The third kappa shape index (κ3) is 3.21. The number of nitrogens with one attached hydrogen (secondary N) is 1. The summed E-state index contributed by atoms with van der Waals surface area (Å²) in [6.07, 6.45) is 5.38. The van der Waals surface area contributed by atoms with E-state index in [1.54, 1.807) is 24.7 Å². The first kappa shape index (κ1) is 14.8. The van der Waals surface area contributed by atoms with Gasteiger partial charge in [-0.1, -0.05) is 23.7 Å². The summed E-state index contributed by atoms with van der Waals surface area (Å²) in [5, 5.41) is 2.97. The van der Waals surface area contributed by atoms with Gasteiger partial charge in [0.25, 0.3) is 5.91 Å². The van der Waals surface area contributed by atoms with Crippen molar-refractivity contribution in [2.45, 2.75) is 13.0 Å². The van der Waals surface area contributed by atoms with E-state index >= 15 is 0 Å². The van der Waals surface area contributed by atoms with Crippen LogP contribution in [0.25, 0.3) is 5.69 Å². The molecule has 1 aromatic carbocycles. The van der Waals surface area contributed by atoms with E-state index < -0.39 is 0 Å². The van der Waals surface area contributed by atoms with Crippen LogP contribution in [0, 0.1) is 0 Å². The lowest BCUT2D eigenvalue weighted by Gasteiger charge is -2.14. The van der Waals surface area contributed by atoms with Crippen LogP contribution in [0.1, 0.15) is 28.2 Å². The van der Waals surface area contributed by atoms with Gasteiger partial charge in [0.15, 0.2) is 0 Å². The summed E-state index contributed by atoms with van der Waals surface area (Å²) in [5.41, 5.74) is 2.07. The summed E-state index contributed by atoms with van der Waals surface area (Å²) in [4.78, 5) is 16.8. The number of carbonyl (C=O) groups excluding carboxylic acids is 1. The topological polar surface area (TPSA) is 46.9 Å². The molecule has 0 fully saturated rings. The minimum Gasteiger partial charge on any atom is -0.345 e. The van der Waals surface area contributed by atoms with E-state index in [9.17, 15) is 4.79 Å². The van der Waals surface area contributed by atoms with Crippen molar-refractivity contribution >= 4 is 28.8 Å². The van der Waals surface area contributed by atoms with E-state index in [1.165, 1.54) is 11.3 Å². The molecule has 6 heteroatoms. The molecule has 2 aromatic heterocycles. The Kier molecular flexibility index (Phi) is 4.27. The first-order valence-electron chi connectivity index (χ1n) is 6.78. The Hall–Kier alpha value is -2.11. The van der Waals surface area contributed by atoms with Crippen molar-refractivity contribution in [2.75, 3.05) is 0 Å². The molecule has 0 bridgehead atoms. The molecule has 0 saturated carbocycles. The molecule has 3 rings (SSSR count). The van der Waals surface area contributed by atoms with Gasteiger partial charge in [-0.05, 0) is 36.8 Å². The summed E-state index contributed by atoms with van der Waals surface area (Å²) in [6, 6.07) is 11.4. The first-order chi connectivity index (χ1) is 10.6. The Labute approximate surface area is 137 Å². The fourth-order valence-electron chi connectivity index (χ4n) is 2.13. The van der Waals surface area contributed by atoms with Gasteiger partial charge in [0.2, 0.25) is 0 Å². The summed E-state index contributed by atoms with van der Waals surface area (Å²) < 4.78 is 2.54. The molecule has 112 valence electrons. The SMILES string of the molecule is CC(NC(=O)c1ccc(Cl)s1)c1ccc(-n2ccnc2)cc1. The average Bonchev–Trinajstić information content (AvgIpc) is 3.18. The van der Waals surface area contributed by atoms with Crippen LogP contribution in [0.3, 0.4) is 0 Å². The van der Waals surface area contributed by atoms with Crippen molar-refractivity contribution in [1.82, 2.24) is 14.9 Å². The van der Waals surface area contributed by atoms with Crippen LogP contribution >= 0.6 is 22.9 Å². The van der Waals surface area contributed by atoms with Crippen LogP contribution in [0.5, 0.6) is 0 Å². The van der Waals surface area contributed by atoms with Crippen molar-refractivity contribution in [1.29, 1.82) is 0 Å². The second-order valence-corrected chi connectivity index (χ2v) is 6.58. The van der Waals surface area contributed by atoms with E-state index in [1.807, 2.05) is 42.0 Å². The number of halogens is 1. The molecule has 0 aliphatic rings. The second kappa shape index (κ2) is 6.34. The van der Waals surface area contributed by atoms with Gasteiger partial charge in [0.05, 0.1) is 21.6 Å². The van der Waals surface area contributed by atoms with E-state index in [0.29, 0.717) is 9.21 Å². The highest BCUT2D eigenvalue weighted by atomic mass is 35.5. The van der Waals surface area contributed by atoms with Crippen LogP contribution < -0.4 is 5.32 Å². The Bertz CT molecular complexity index is 765. The summed E-state index contributed by atoms with van der Waals surface area (Å²) >= 11 is 7.13. The zero-order valence-corrected chi connectivity index (χ0v) is 13.4. The molecule has 1 amide bonds. The lowest BCUT2D eigenvalue weighted by atomic mass is 10.1. The number of aromatic nitrogens is 2. The van der Waals surface area contributed by atoms with Crippen molar-refractivity contribution in [3.63, 3.8) is 0 Å². The van der Waals surface area contributed by atoms with Gasteiger partial charge < -0.3 is 9.88 Å². The Morgan fingerprint density at radius 1 is 1.27 bits per heavy atom. The maximum atomic E-state index is 12.1. The van der Waals surface area contributed by atoms with Crippen molar-refractivity contribution in [3.05, 3.63) is 69.9 Å². The Morgan fingerprint density at radius 2 is 2.05 bits per heavy atom. The van der Waals surface area contributed by atoms with Crippen molar-refractivity contribution in [3.8, 4) is 5.69 Å². The minimum atomic E-state index is -0.108. The number of thiophene rings is 1. The fourth-order valence-corrected chi connectivity index (χ4v) is 3.08. The van der Waals surface area contributed by atoms with Crippen LogP contribution in [0.4, 0.5) is 0 Å². The summed E-state index contributed by atoms with van der Waals surface area (Å²) in [6.45, 7) is 1.96. The van der Waals surface area contributed by atoms with E-state index in [-0.39, 0.29) is 11.9 Å². The predicted molar refractivity (Wildman–Crippen MR) is 88.8 cm³/mol. The number of hydrogen-bond donors (Lipinski definition) is 1. The second-order valence-electron chi connectivity index (χ2n) is 4.86.